The minimum absolute atomic E-state index is 0.201. The number of carbonyl (C=O) groups excluding carboxylic acids is 1. The Kier molecular flexibility index (Phi) is 1.54. The van der Waals surface area contributed by atoms with Crippen LogP contribution in [-0.4, -0.2) is 12.6 Å². The molecule has 1 heterocycles. The molecule has 1 aliphatic carbocycles. The third-order valence-corrected chi connectivity index (χ3v) is 2.61. The van der Waals surface area contributed by atoms with E-state index in [2.05, 4.69) is 0 Å². The van der Waals surface area contributed by atoms with Crippen molar-refractivity contribution in [1.82, 2.24) is 0 Å². The summed E-state index contributed by atoms with van der Waals surface area (Å²) in [6.45, 7) is 0.226. The Morgan fingerprint density at radius 1 is 1.29 bits per heavy atom. The van der Waals surface area contributed by atoms with Gasteiger partial charge in [0.25, 0.3) is 0 Å². The number of rotatable bonds is 2. The number of carbonyl (C=O) groups is 1. The van der Waals surface area contributed by atoms with Gasteiger partial charge in [-0.3, -0.25) is 4.79 Å². The summed E-state index contributed by atoms with van der Waals surface area (Å²) in [6, 6.07) is 5.48. The molecule has 1 aromatic rings. The second-order valence-electron chi connectivity index (χ2n) is 3.68. The number of hydrogen-bond donors (Lipinski definition) is 0. The van der Waals surface area contributed by atoms with E-state index in [1.165, 1.54) is 0 Å². The molecule has 3 rings (SSSR count). The molecule has 3 heteroatoms. The van der Waals surface area contributed by atoms with E-state index in [0.717, 1.165) is 12.8 Å². The van der Waals surface area contributed by atoms with Crippen LogP contribution >= 0.6 is 0 Å². The molecule has 1 fully saturated rings. The van der Waals surface area contributed by atoms with E-state index in [-0.39, 0.29) is 18.5 Å². The first-order valence-corrected chi connectivity index (χ1v) is 4.79. The molecular formula is C11H10O3. The highest BCUT2D eigenvalue weighted by molar-refractivity contribution is 6.02. The molecule has 0 radical (unpaired) electrons. The van der Waals surface area contributed by atoms with Crippen LogP contribution in [0.1, 0.15) is 23.2 Å². The Hall–Kier alpha value is -1.51. The maximum absolute atomic E-state index is 11.8. The van der Waals surface area contributed by atoms with Crippen molar-refractivity contribution in [2.75, 3.05) is 6.79 Å². The Balaban J connectivity index is 2.04. The van der Waals surface area contributed by atoms with Gasteiger partial charge >= 0.3 is 0 Å². The minimum atomic E-state index is 0.201. The van der Waals surface area contributed by atoms with Crippen LogP contribution in [0.5, 0.6) is 11.5 Å². The molecule has 3 nitrogen and oxygen atoms in total. The number of fused-ring (bicyclic) bond motifs is 1. The molecule has 0 aromatic heterocycles. The van der Waals surface area contributed by atoms with Crippen molar-refractivity contribution in [3.8, 4) is 11.5 Å². The number of Topliss-reactive ketones (excluding diaryl/α,β-unsaturated/α-hetero) is 1. The molecule has 0 unspecified atom stereocenters. The van der Waals surface area contributed by atoms with Crippen LogP contribution in [0, 0.1) is 5.92 Å². The van der Waals surface area contributed by atoms with E-state index in [9.17, 15) is 4.79 Å². The third kappa shape index (κ3) is 1.09. The summed E-state index contributed by atoms with van der Waals surface area (Å²) in [5.74, 6) is 1.75. The fourth-order valence-corrected chi connectivity index (χ4v) is 1.69. The topological polar surface area (TPSA) is 35.5 Å². The number of ether oxygens (including phenoxy) is 2. The van der Waals surface area contributed by atoms with E-state index in [4.69, 9.17) is 9.47 Å². The van der Waals surface area contributed by atoms with Gasteiger partial charge in [0, 0.05) is 5.92 Å². The average Bonchev–Trinajstić information content (AvgIpc) is 2.94. The van der Waals surface area contributed by atoms with Crippen molar-refractivity contribution in [2.24, 2.45) is 5.92 Å². The molecule has 1 aromatic carbocycles. The van der Waals surface area contributed by atoms with Crippen molar-refractivity contribution >= 4 is 5.78 Å². The maximum atomic E-state index is 11.8. The highest BCUT2D eigenvalue weighted by Gasteiger charge is 2.33. The fourth-order valence-electron chi connectivity index (χ4n) is 1.69. The molecule has 0 saturated heterocycles. The van der Waals surface area contributed by atoms with Gasteiger partial charge < -0.3 is 9.47 Å². The van der Waals surface area contributed by atoms with Crippen molar-refractivity contribution < 1.29 is 14.3 Å². The molecule has 0 N–H and O–H groups in total. The van der Waals surface area contributed by atoms with Crippen LogP contribution in [0.25, 0.3) is 0 Å². The van der Waals surface area contributed by atoms with E-state index in [0.29, 0.717) is 17.1 Å². The lowest BCUT2D eigenvalue weighted by molar-refractivity contribution is 0.0963. The largest absolute Gasteiger partial charge is 0.454 e. The van der Waals surface area contributed by atoms with Gasteiger partial charge in [-0.15, -0.1) is 0 Å². The van der Waals surface area contributed by atoms with E-state index < -0.39 is 0 Å². The first kappa shape index (κ1) is 7.85. The molecular weight excluding hydrogens is 180 g/mol. The van der Waals surface area contributed by atoms with Crippen LogP contribution < -0.4 is 9.47 Å². The van der Waals surface area contributed by atoms with Crippen LogP contribution in [0.3, 0.4) is 0 Å². The monoisotopic (exact) mass is 190 g/mol. The lowest BCUT2D eigenvalue weighted by Gasteiger charge is -2.02. The number of hydrogen-bond acceptors (Lipinski definition) is 3. The van der Waals surface area contributed by atoms with Crippen molar-refractivity contribution in [2.45, 2.75) is 12.8 Å². The summed E-state index contributed by atoms with van der Waals surface area (Å²) in [6.07, 6.45) is 2.03. The Bertz CT molecular complexity index is 394. The van der Waals surface area contributed by atoms with Crippen LogP contribution in [0.15, 0.2) is 18.2 Å². The number of ketones is 1. The summed E-state index contributed by atoms with van der Waals surface area (Å²) >= 11 is 0. The summed E-state index contributed by atoms with van der Waals surface area (Å²) in [4.78, 5) is 11.8. The molecule has 72 valence electrons. The lowest BCUT2D eigenvalue weighted by atomic mass is 10.1. The Morgan fingerprint density at radius 2 is 2.14 bits per heavy atom. The van der Waals surface area contributed by atoms with Crippen molar-refractivity contribution in [1.29, 1.82) is 0 Å². The minimum Gasteiger partial charge on any atom is -0.454 e. The molecule has 1 saturated carbocycles. The second kappa shape index (κ2) is 2.74. The van der Waals surface area contributed by atoms with E-state index in [1.54, 1.807) is 0 Å². The SMILES string of the molecule is O=C(c1cccc2c1OCO2)C1CC1. The molecule has 14 heavy (non-hydrogen) atoms. The van der Waals surface area contributed by atoms with Gasteiger partial charge in [0.15, 0.2) is 17.3 Å². The Morgan fingerprint density at radius 3 is 2.93 bits per heavy atom. The van der Waals surface area contributed by atoms with Gasteiger partial charge in [0.05, 0.1) is 5.56 Å². The second-order valence-corrected chi connectivity index (χ2v) is 3.68. The zero-order chi connectivity index (χ0) is 9.54. The van der Waals surface area contributed by atoms with Gasteiger partial charge in [-0.1, -0.05) is 6.07 Å². The van der Waals surface area contributed by atoms with Crippen molar-refractivity contribution in [3.63, 3.8) is 0 Å². The first-order chi connectivity index (χ1) is 6.86. The van der Waals surface area contributed by atoms with Gasteiger partial charge in [-0.05, 0) is 25.0 Å². The van der Waals surface area contributed by atoms with Crippen LogP contribution in [-0.2, 0) is 0 Å². The van der Waals surface area contributed by atoms with Crippen LogP contribution in [0.2, 0.25) is 0 Å². The third-order valence-electron chi connectivity index (χ3n) is 2.61. The van der Waals surface area contributed by atoms with Gasteiger partial charge in [0.2, 0.25) is 6.79 Å². The average molecular weight is 190 g/mol. The van der Waals surface area contributed by atoms with Crippen LogP contribution in [0.4, 0.5) is 0 Å². The van der Waals surface area contributed by atoms with Gasteiger partial charge in [-0.25, -0.2) is 0 Å². The smallest absolute Gasteiger partial charge is 0.231 e. The molecule has 0 spiro atoms. The van der Waals surface area contributed by atoms with E-state index in [1.807, 2.05) is 18.2 Å². The highest BCUT2D eigenvalue weighted by Crippen LogP contribution is 2.40. The first-order valence-electron chi connectivity index (χ1n) is 4.79. The summed E-state index contributed by atoms with van der Waals surface area (Å²) in [7, 11) is 0. The summed E-state index contributed by atoms with van der Waals surface area (Å²) in [5.41, 5.74) is 0.683. The number of benzene rings is 1. The standard InChI is InChI=1S/C11H10O3/c12-10(7-4-5-7)8-2-1-3-9-11(8)14-6-13-9/h1-3,7H,4-6H2. The summed E-state index contributed by atoms with van der Waals surface area (Å²) < 4.78 is 10.5. The van der Waals surface area contributed by atoms with Gasteiger partial charge in [-0.2, -0.15) is 0 Å². The Labute approximate surface area is 81.6 Å². The quantitative estimate of drug-likeness (QED) is 0.669. The molecule has 0 bridgehead atoms. The summed E-state index contributed by atoms with van der Waals surface area (Å²) in [5, 5.41) is 0. The van der Waals surface area contributed by atoms with E-state index >= 15 is 0 Å². The van der Waals surface area contributed by atoms with Gasteiger partial charge in [0.1, 0.15) is 0 Å². The van der Waals surface area contributed by atoms with Crippen molar-refractivity contribution in [3.05, 3.63) is 23.8 Å². The molecule has 0 atom stereocenters. The molecule has 1 aliphatic heterocycles. The fraction of sp³-hybridized carbons (Fsp3) is 0.364. The highest BCUT2D eigenvalue weighted by atomic mass is 16.7. The zero-order valence-corrected chi connectivity index (χ0v) is 7.66. The molecule has 2 aliphatic rings. The zero-order valence-electron chi connectivity index (χ0n) is 7.66. The lowest BCUT2D eigenvalue weighted by Crippen LogP contribution is -2.03. The normalized spacial score (nSPS) is 18.3. The predicted molar refractivity (Wildman–Crippen MR) is 49.6 cm³/mol. The molecule has 0 amide bonds. The number of para-hydroxylation sites is 1. The predicted octanol–water partition coefficient (Wildman–Crippen LogP) is 2.01. The maximum Gasteiger partial charge on any atom is 0.231 e.